The van der Waals surface area contributed by atoms with Gasteiger partial charge < -0.3 is 4.42 Å². The SMILES string of the molecule is [2H]C([2H])([2H])c1ccc2c(n1)oc1c(-c3nccc4scc(C([2H])([2H])C(C)(C)C)c34)cccc12. The Bertz CT molecular complexity index is 1530. The van der Waals surface area contributed by atoms with E-state index in [1.54, 1.807) is 12.3 Å². The number of hydrogen-bond donors (Lipinski definition) is 0. The molecule has 0 atom stereocenters. The Balaban J connectivity index is 1.81. The van der Waals surface area contributed by atoms with Crippen molar-refractivity contribution < 1.29 is 11.3 Å². The van der Waals surface area contributed by atoms with E-state index >= 15 is 0 Å². The third kappa shape index (κ3) is 2.80. The zero-order valence-corrected chi connectivity index (χ0v) is 16.6. The molecule has 4 aromatic heterocycles. The predicted octanol–water partition coefficient (Wildman–Crippen LogP) is 7.15. The maximum Gasteiger partial charge on any atom is 0.227 e. The molecule has 0 saturated heterocycles. The standard InChI is InChI=1S/C24H22N2OS/c1-14-8-9-17-16-6-5-7-18(22(16)27-23(17)26-14)21-20-15(12-24(2,3)4)13-28-19(20)10-11-25-21/h5-11,13H,12H2,1-4H3/i1D3,12D2. The number of pyridine rings is 2. The summed E-state index contributed by atoms with van der Waals surface area (Å²) >= 11 is 1.50. The summed E-state index contributed by atoms with van der Waals surface area (Å²) in [6.07, 6.45) is 0.137. The molecule has 140 valence electrons. The molecule has 28 heavy (non-hydrogen) atoms. The number of aryl methyl sites for hydroxylation is 1. The number of nitrogens with zero attached hydrogens (tertiary/aromatic N) is 2. The van der Waals surface area contributed by atoms with E-state index in [0.29, 0.717) is 16.8 Å². The van der Waals surface area contributed by atoms with E-state index in [-0.39, 0.29) is 11.4 Å². The number of hydrogen-bond acceptors (Lipinski definition) is 4. The van der Waals surface area contributed by atoms with Gasteiger partial charge in [0.15, 0.2) is 0 Å². The zero-order valence-electron chi connectivity index (χ0n) is 20.8. The second kappa shape index (κ2) is 6.14. The van der Waals surface area contributed by atoms with Crippen LogP contribution < -0.4 is 0 Å². The topological polar surface area (TPSA) is 38.9 Å². The number of benzene rings is 1. The van der Waals surface area contributed by atoms with Crippen LogP contribution in [0.2, 0.25) is 0 Å². The Hall–Kier alpha value is -2.72. The highest BCUT2D eigenvalue weighted by molar-refractivity contribution is 7.17. The van der Waals surface area contributed by atoms with Crippen molar-refractivity contribution in [3.63, 3.8) is 0 Å². The molecular formula is C24H22N2OS. The van der Waals surface area contributed by atoms with E-state index in [4.69, 9.17) is 11.3 Å². The van der Waals surface area contributed by atoms with Gasteiger partial charge in [-0.2, -0.15) is 0 Å². The van der Waals surface area contributed by atoms with Crippen molar-refractivity contribution in [2.24, 2.45) is 5.41 Å². The lowest BCUT2D eigenvalue weighted by molar-refractivity contribution is 0.413. The van der Waals surface area contributed by atoms with Gasteiger partial charge in [-0.15, -0.1) is 11.3 Å². The summed E-state index contributed by atoms with van der Waals surface area (Å²) in [5.74, 6) is 0. The van der Waals surface area contributed by atoms with Crippen LogP contribution in [0.5, 0.6) is 0 Å². The third-order valence-corrected chi connectivity index (χ3v) is 5.56. The van der Waals surface area contributed by atoms with E-state index in [1.807, 2.05) is 50.4 Å². The Labute approximate surface area is 175 Å². The van der Waals surface area contributed by atoms with Crippen LogP contribution in [0.4, 0.5) is 0 Å². The number of thiophene rings is 1. The van der Waals surface area contributed by atoms with Crippen molar-refractivity contribution >= 4 is 43.5 Å². The fourth-order valence-corrected chi connectivity index (χ4v) is 4.44. The first-order valence-corrected chi connectivity index (χ1v) is 9.97. The summed E-state index contributed by atoms with van der Waals surface area (Å²) in [5.41, 5.74) is 2.14. The number of aromatic nitrogens is 2. The van der Waals surface area contributed by atoms with E-state index in [0.717, 1.165) is 26.4 Å². The second-order valence-electron chi connectivity index (χ2n) is 7.89. The third-order valence-electron chi connectivity index (χ3n) is 4.61. The molecule has 0 aliphatic heterocycles. The molecule has 1 aromatic carbocycles. The lowest BCUT2D eigenvalue weighted by Gasteiger charge is -2.18. The molecule has 0 aliphatic rings. The van der Waals surface area contributed by atoms with Gasteiger partial charge in [0.2, 0.25) is 5.71 Å². The molecule has 4 heterocycles. The molecule has 0 spiro atoms. The summed E-state index contributed by atoms with van der Waals surface area (Å²) in [4.78, 5) is 8.90. The normalized spacial score (nSPS) is 16.0. The number of rotatable bonds is 2. The minimum Gasteiger partial charge on any atom is -0.437 e. The summed E-state index contributed by atoms with van der Waals surface area (Å²) in [5, 5.41) is 4.18. The first kappa shape index (κ1) is 12.7. The lowest BCUT2D eigenvalue weighted by Crippen LogP contribution is -2.08. The fourth-order valence-electron chi connectivity index (χ4n) is 3.55. The van der Waals surface area contributed by atoms with Crippen molar-refractivity contribution in [2.75, 3.05) is 0 Å². The Morgan fingerprint density at radius 1 is 1.14 bits per heavy atom. The van der Waals surface area contributed by atoms with Crippen LogP contribution in [0.15, 0.2) is 52.4 Å². The summed E-state index contributed by atoms with van der Waals surface area (Å²) in [6, 6.07) is 10.8. The van der Waals surface area contributed by atoms with Crippen LogP contribution >= 0.6 is 11.3 Å². The Kier molecular flexibility index (Phi) is 2.78. The highest BCUT2D eigenvalue weighted by atomic mass is 32.1. The maximum absolute atomic E-state index is 8.87. The highest BCUT2D eigenvalue weighted by Crippen LogP contribution is 2.40. The van der Waals surface area contributed by atoms with Crippen molar-refractivity contribution in [3.05, 3.63) is 59.2 Å². The van der Waals surface area contributed by atoms with E-state index in [1.165, 1.54) is 17.4 Å². The summed E-state index contributed by atoms with van der Waals surface area (Å²) in [7, 11) is 0. The monoisotopic (exact) mass is 391 g/mol. The minimum absolute atomic E-state index is 0.0191. The van der Waals surface area contributed by atoms with Crippen LogP contribution in [0.3, 0.4) is 0 Å². The molecule has 0 saturated carbocycles. The van der Waals surface area contributed by atoms with E-state index in [2.05, 4.69) is 9.97 Å². The van der Waals surface area contributed by atoms with Gasteiger partial charge in [-0.25, -0.2) is 4.98 Å². The van der Waals surface area contributed by atoms with Crippen molar-refractivity contribution in [2.45, 2.75) is 34.0 Å². The van der Waals surface area contributed by atoms with Gasteiger partial charge in [0.25, 0.3) is 0 Å². The fraction of sp³-hybridized carbons (Fsp3) is 0.250. The molecule has 0 amide bonds. The van der Waals surface area contributed by atoms with Gasteiger partial charge in [0.1, 0.15) is 5.58 Å². The van der Waals surface area contributed by atoms with Gasteiger partial charge in [-0.3, -0.25) is 4.98 Å². The Morgan fingerprint density at radius 3 is 2.86 bits per heavy atom. The quantitative estimate of drug-likeness (QED) is 0.320. The van der Waals surface area contributed by atoms with Crippen LogP contribution in [0.1, 0.15) is 38.9 Å². The second-order valence-corrected chi connectivity index (χ2v) is 8.80. The molecule has 0 fully saturated rings. The first-order valence-electron chi connectivity index (χ1n) is 11.6. The van der Waals surface area contributed by atoms with Crippen LogP contribution in [0, 0.1) is 12.3 Å². The highest BCUT2D eigenvalue weighted by Gasteiger charge is 2.20. The molecule has 0 N–H and O–H groups in total. The molecular weight excluding hydrogens is 364 g/mol. The van der Waals surface area contributed by atoms with E-state index < -0.39 is 18.6 Å². The van der Waals surface area contributed by atoms with Crippen molar-refractivity contribution in [1.82, 2.24) is 9.97 Å². The van der Waals surface area contributed by atoms with Gasteiger partial charge in [0, 0.05) is 45.2 Å². The van der Waals surface area contributed by atoms with Gasteiger partial charge >= 0.3 is 0 Å². The van der Waals surface area contributed by atoms with Gasteiger partial charge in [0.05, 0.1) is 5.69 Å². The summed E-state index contributed by atoms with van der Waals surface area (Å²) in [6.45, 7) is 3.34. The molecule has 5 aromatic rings. The molecule has 3 nitrogen and oxygen atoms in total. The van der Waals surface area contributed by atoms with Crippen molar-refractivity contribution in [3.8, 4) is 11.3 Å². The average molecular weight is 392 g/mol. The molecule has 0 aliphatic carbocycles. The van der Waals surface area contributed by atoms with Gasteiger partial charge in [-0.05, 0) is 53.8 Å². The maximum atomic E-state index is 8.87. The number of furan rings is 1. The number of para-hydroxylation sites is 1. The van der Waals surface area contributed by atoms with Crippen LogP contribution in [0.25, 0.3) is 43.4 Å². The minimum atomic E-state index is -2.33. The van der Waals surface area contributed by atoms with Crippen LogP contribution in [-0.4, -0.2) is 9.97 Å². The molecule has 5 rings (SSSR count). The first-order chi connectivity index (χ1) is 15.4. The van der Waals surface area contributed by atoms with Crippen molar-refractivity contribution in [1.29, 1.82) is 0 Å². The van der Waals surface area contributed by atoms with E-state index in [9.17, 15) is 0 Å². The lowest BCUT2D eigenvalue weighted by atomic mass is 9.87. The molecule has 0 radical (unpaired) electrons. The molecule has 0 unspecified atom stereocenters. The predicted molar refractivity (Wildman–Crippen MR) is 118 cm³/mol. The number of fused-ring (bicyclic) bond motifs is 4. The van der Waals surface area contributed by atoms with Gasteiger partial charge in [-0.1, -0.05) is 32.9 Å². The molecule has 4 heteroatoms. The zero-order chi connectivity index (χ0) is 23.8. The smallest absolute Gasteiger partial charge is 0.227 e. The molecule has 0 bridgehead atoms. The average Bonchev–Trinajstić information content (AvgIpc) is 3.33. The van der Waals surface area contributed by atoms with Crippen LogP contribution in [-0.2, 0) is 6.37 Å². The summed E-state index contributed by atoms with van der Waals surface area (Å²) < 4.78 is 47.7. The largest absolute Gasteiger partial charge is 0.437 e. The Morgan fingerprint density at radius 2 is 2.04 bits per heavy atom.